The second-order valence-electron chi connectivity index (χ2n) is 14.8. The van der Waals surface area contributed by atoms with Crippen molar-refractivity contribution in [2.45, 2.75) is 0 Å². The predicted octanol–water partition coefficient (Wildman–Crippen LogP) is 15.5. The zero-order valence-electron chi connectivity index (χ0n) is 30.4. The Morgan fingerprint density at radius 1 is 0.286 bits per heavy atom. The first-order valence-electron chi connectivity index (χ1n) is 19.3. The lowest BCUT2D eigenvalue weighted by molar-refractivity contribution is 1.18. The van der Waals surface area contributed by atoms with E-state index in [1.807, 2.05) is 11.3 Å². The monoisotopic (exact) mass is 727 g/mol. The van der Waals surface area contributed by atoms with Gasteiger partial charge in [-0.3, -0.25) is 0 Å². The van der Waals surface area contributed by atoms with E-state index in [0.717, 1.165) is 5.69 Å². The van der Waals surface area contributed by atoms with E-state index < -0.39 is 0 Å². The number of rotatable bonds is 3. The zero-order chi connectivity index (χ0) is 36.7. The minimum Gasteiger partial charge on any atom is -0.309 e. The van der Waals surface area contributed by atoms with Gasteiger partial charge in [0.2, 0.25) is 0 Å². The largest absolute Gasteiger partial charge is 0.309 e. The van der Waals surface area contributed by atoms with Gasteiger partial charge in [0, 0.05) is 36.6 Å². The molecular weight excluding hydrogens is 695 g/mol. The van der Waals surface area contributed by atoms with Gasteiger partial charge in [-0.15, -0.1) is 11.3 Å². The average molecular weight is 728 g/mol. The Kier molecular flexibility index (Phi) is 6.87. The van der Waals surface area contributed by atoms with Gasteiger partial charge < -0.3 is 4.57 Å². The molecule has 1 nitrogen and oxygen atoms in total. The Bertz CT molecular complexity index is 3320. The number of benzene rings is 9. The Hall–Kier alpha value is -7.00. The summed E-state index contributed by atoms with van der Waals surface area (Å²) >= 11 is 1.89. The molecule has 2 heteroatoms. The molecule has 0 radical (unpaired) electrons. The fraction of sp³-hybridized carbons (Fsp3) is 0. The quantitative estimate of drug-likeness (QED) is 0.171. The molecule has 12 rings (SSSR count). The summed E-state index contributed by atoms with van der Waals surface area (Å²) in [6, 6.07) is 74.2. The highest BCUT2D eigenvalue weighted by Crippen LogP contribution is 2.49. The molecule has 0 saturated carbocycles. The lowest BCUT2D eigenvalue weighted by atomic mass is 9.80. The number of aromatic nitrogens is 1. The van der Waals surface area contributed by atoms with Crippen molar-refractivity contribution >= 4 is 53.3 Å². The topological polar surface area (TPSA) is 4.93 Å². The van der Waals surface area contributed by atoms with Crippen molar-refractivity contribution in [2.24, 2.45) is 0 Å². The second-order valence-corrected chi connectivity index (χ2v) is 15.9. The van der Waals surface area contributed by atoms with Crippen LogP contribution in [0.1, 0.15) is 0 Å². The van der Waals surface area contributed by atoms with E-state index in [1.54, 1.807) is 0 Å². The van der Waals surface area contributed by atoms with Gasteiger partial charge in [0.05, 0.1) is 11.0 Å². The molecule has 0 spiro atoms. The van der Waals surface area contributed by atoms with Crippen molar-refractivity contribution in [3.63, 3.8) is 0 Å². The van der Waals surface area contributed by atoms with Gasteiger partial charge in [-0.1, -0.05) is 158 Å². The van der Waals surface area contributed by atoms with Crippen LogP contribution in [0.5, 0.6) is 0 Å². The van der Waals surface area contributed by atoms with Gasteiger partial charge in [-0.2, -0.15) is 0 Å². The number of hydrogen-bond donors (Lipinski definition) is 0. The number of fused-ring (bicyclic) bond motifs is 14. The molecule has 0 aliphatic heterocycles. The van der Waals surface area contributed by atoms with E-state index in [0.29, 0.717) is 0 Å². The number of hydrogen-bond acceptors (Lipinski definition) is 1. The van der Waals surface area contributed by atoms with Crippen molar-refractivity contribution in [2.75, 3.05) is 0 Å². The molecule has 0 bridgehead atoms. The summed E-state index contributed by atoms with van der Waals surface area (Å²) in [6.07, 6.45) is 0. The van der Waals surface area contributed by atoms with E-state index in [-0.39, 0.29) is 0 Å². The number of para-hydroxylation sites is 2. The maximum Gasteiger partial charge on any atom is 0.0541 e. The van der Waals surface area contributed by atoms with Gasteiger partial charge >= 0.3 is 0 Å². The molecule has 11 aromatic rings. The lowest BCUT2D eigenvalue weighted by Gasteiger charge is -2.23. The molecule has 0 unspecified atom stereocenters. The van der Waals surface area contributed by atoms with Gasteiger partial charge in [0.15, 0.2) is 0 Å². The van der Waals surface area contributed by atoms with Gasteiger partial charge in [-0.05, 0) is 109 Å². The highest BCUT2D eigenvalue weighted by atomic mass is 32.1. The molecule has 56 heavy (non-hydrogen) atoms. The van der Waals surface area contributed by atoms with E-state index in [4.69, 9.17) is 0 Å². The van der Waals surface area contributed by atoms with Crippen LogP contribution in [0.25, 0.3) is 114 Å². The summed E-state index contributed by atoms with van der Waals surface area (Å²) in [6.45, 7) is 0. The van der Waals surface area contributed by atoms with Crippen LogP contribution in [-0.2, 0) is 0 Å². The summed E-state index contributed by atoms with van der Waals surface area (Å²) in [5, 5.41) is 5.15. The van der Waals surface area contributed by atoms with Crippen LogP contribution >= 0.6 is 11.3 Å². The molecule has 2 heterocycles. The first kappa shape index (κ1) is 31.4. The summed E-state index contributed by atoms with van der Waals surface area (Å²) < 4.78 is 5.09. The SMILES string of the molecule is c1ccc2c(c1)-c1ccccc1-c1ccc(-c3cc(-c4cccc5c4sc4ccccc45)cc(-n4c5ccccc5c5ccccc54)c3)cc1-c1ccccc1-2. The second kappa shape index (κ2) is 12.3. The van der Waals surface area contributed by atoms with Crippen molar-refractivity contribution in [1.82, 2.24) is 4.57 Å². The fourth-order valence-electron chi connectivity index (χ4n) is 9.28. The average Bonchev–Trinajstić information content (AvgIpc) is 3.82. The van der Waals surface area contributed by atoms with Crippen molar-refractivity contribution in [3.05, 3.63) is 200 Å². The first-order valence-corrected chi connectivity index (χ1v) is 20.1. The lowest BCUT2D eigenvalue weighted by Crippen LogP contribution is -1.98. The molecule has 260 valence electrons. The van der Waals surface area contributed by atoms with Gasteiger partial charge in [0.1, 0.15) is 0 Å². The Balaban J connectivity index is 1.15. The maximum absolute atomic E-state index is 2.46. The molecule has 1 aliphatic carbocycles. The standard InChI is InChI=1S/C54H33NS/c1-2-15-40-39(14-1)41-16-3-4-18-43(41)45-29-28-34(33-50(45)44-19-6-5-17-42(40)44)35-30-36(38-23-13-24-49-48-22-9-12-27-53(48)56-54(38)49)32-37(31-35)55-51-25-10-7-20-46(51)47-21-8-11-26-52(47)55/h1-33H. The van der Waals surface area contributed by atoms with Crippen LogP contribution in [0.2, 0.25) is 0 Å². The third-order valence-corrected chi connectivity index (χ3v) is 13.0. The smallest absolute Gasteiger partial charge is 0.0541 e. The normalized spacial score (nSPS) is 11.9. The fourth-order valence-corrected chi connectivity index (χ4v) is 10.5. The van der Waals surface area contributed by atoms with E-state index in [2.05, 4.69) is 205 Å². The maximum atomic E-state index is 2.46. The Labute approximate surface area is 329 Å². The Morgan fingerprint density at radius 3 is 1.38 bits per heavy atom. The van der Waals surface area contributed by atoms with E-state index in [1.165, 1.54) is 109 Å². The van der Waals surface area contributed by atoms with Crippen LogP contribution in [0.4, 0.5) is 0 Å². The van der Waals surface area contributed by atoms with Crippen LogP contribution < -0.4 is 0 Å². The van der Waals surface area contributed by atoms with Crippen molar-refractivity contribution < 1.29 is 0 Å². The number of thiophene rings is 1. The van der Waals surface area contributed by atoms with Crippen molar-refractivity contribution in [3.8, 4) is 72.4 Å². The van der Waals surface area contributed by atoms with E-state index in [9.17, 15) is 0 Å². The minimum atomic E-state index is 1.15. The van der Waals surface area contributed by atoms with Crippen LogP contribution in [0.15, 0.2) is 200 Å². The molecule has 0 fully saturated rings. The highest BCUT2D eigenvalue weighted by Gasteiger charge is 2.23. The molecule has 2 aromatic heterocycles. The summed E-state index contributed by atoms with van der Waals surface area (Å²) in [7, 11) is 0. The highest BCUT2D eigenvalue weighted by molar-refractivity contribution is 7.26. The van der Waals surface area contributed by atoms with Crippen molar-refractivity contribution in [1.29, 1.82) is 0 Å². The van der Waals surface area contributed by atoms with Crippen LogP contribution in [-0.4, -0.2) is 4.57 Å². The summed E-state index contributed by atoms with van der Waals surface area (Å²) in [5.41, 5.74) is 18.5. The van der Waals surface area contributed by atoms with Gasteiger partial charge in [-0.25, -0.2) is 0 Å². The molecule has 0 atom stereocenters. The first-order chi connectivity index (χ1) is 27.8. The molecular formula is C54H33NS. The third kappa shape index (κ3) is 4.67. The summed E-state index contributed by atoms with van der Waals surface area (Å²) in [4.78, 5) is 0. The third-order valence-electron chi connectivity index (χ3n) is 11.8. The molecule has 0 amide bonds. The number of nitrogens with zero attached hydrogens (tertiary/aromatic N) is 1. The Morgan fingerprint density at radius 2 is 0.750 bits per heavy atom. The van der Waals surface area contributed by atoms with Gasteiger partial charge in [0.25, 0.3) is 0 Å². The molecule has 9 aromatic carbocycles. The predicted molar refractivity (Wildman–Crippen MR) is 240 cm³/mol. The molecule has 0 saturated heterocycles. The minimum absolute atomic E-state index is 1.15. The molecule has 0 N–H and O–H groups in total. The summed E-state index contributed by atoms with van der Waals surface area (Å²) in [5.74, 6) is 0. The van der Waals surface area contributed by atoms with Crippen LogP contribution in [0.3, 0.4) is 0 Å². The molecule has 1 aliphatic rings. The van der Waals surface area contributed by atoms with Crippen LogP contribution in [0, 0.1) is 0 Å². The van der Waals surface area contributed by atoms with E-state index >= 15 is 0 Å². The zero-order valence-corrected chi connectivity index (χ0v) is 31.2.